The molecule has 0 aromatic carbocycles. The molecule has 0 aliphatic carbocycles. The molecule has 2 heterocycles. The Morgan fingerprint density at radius 2 is 2.22 bits per heavy atom. The molecule has 4 heteroatoms. The van der Waals surface area contributed by atoms with Crippen LogP contribution in [0.5, 0.6) is 0 Å². The molecule has 0 bridgehead atoms. The van der Waals surface area contributed by atoms with Gasteiger partial charge in [-0.25, -0.2) is 0 Å². The molecule has 0 saturated carbocycles. The van der Waals surface area contributed by atoms with E-state index in [0.717, 1.165) is 0 Å². The molecule has 4 atom stereocenters. The summed E-state index contributed by atoms with van der Waals surface area (Å²) in [6.07, 6.45) is 5.44. The Labute approximate surface area is 108 Å². The maximum atomic E-state index is 9.46. The maximum absolute atomic E-state index is 9.46. The Kier molecular flexibility index (Phi) is 3.65. The molecule has 0 aromatic rings. The second-order valence-electron chi connectivity index (χ2n) is 5.51. The highest BCUT2D eigenvalue weighted by atomic mass is 16.8. The van der Waals surface area contributed by atoms with Crippen molar-refractivity contribution < 1.29 is 19.3 Å². The first-order chi connectivity index (χ1) is 8.36. The number of rotatable bonds is 2. The van der Waals surface area contributed by atoms with Gasteiger partial charge in [-0.1, -0.05) is 19.1 Å². The topological polar surface area (TPSA) is 47.9 Å². The molecule has 0 unspecified atom stereocenters. The van der Waals surface area contributed by atoms with Crippen LogP contribution in [0, 0.1) is 5.92 Å². The van der Waals surface area contributed by atoms with Crippen LogP contribution < -0.4 is 0 Å². The number of ether oxygens (including phenoxy) is 3. The maximum Gasteiger partial charge on any atom is 0.193 e. The van der Waals surface area contributed by atoms with E-state index < -0.39 is 17.7 Å². The molecule has 0 aromatic heterocycles. The summed E-state index contributed by atoms with van der Waals surface area (Å²) in [5.74, 6) is -1.29. The molecule has 2 aliphatic heterocycles. The Morgan fingerprint density at radius 1 is 1.50 bits per heavy atom. The lowest BCUT2D eigenvalue weighted by Crippen LogP contribution is -2.55. The quantitative estimate of drug-likeness (QED) is 0.766. The van der Waals surface area contributed by atoms with Crippen LogP contribution in [0.15, 0.2) is 24.8 Å². The average molecular weight is 254 g/mol. The fourth-order valence-corrected chi connectivity index (χ4v) is 2.39. The highest BCUT2D eigenvalue weighted by Crippen LogP contribution is 2.40. The van der Waals surface area contributed by atoms with Gasteiger partial charge in [-0.05, 0) is 19.9 Å². The first-order valence-electron chi connectivity index (χ1n) is 6.38. The van der Waals surface area contributed by atoms with Gasteiger partial charge in [0.1, 0.15) is 0 Å². The third kappa shape index (κ3) is 2.83. The zero-order valence-electron chi connectivity index (χ0n) is 11.3. The van der Waals surface area contributed by atoms with Crippen molar-refractivity contribution in [3.63, 3.8) is 0 Å². The Hall–Kier alpha value is -0.680. The largest absolute Gasteiger partial charge is 0.387 e. The van der Waals surface area contributed by atoms with Gasteiger partial charge in [0.25, 0.3) is 0 Å². The van der Waals surface area contributed by atoms with Gasteiger partial charge in [-0.3, -0.25) is 0 Å². The van der Waals surface area contributed by atoms with E-state index in [-0.39, 0.29) is 18.6 Å². The monoisotopic (exact) mass is 254 g/mol. The fourth-order valence-electron chi connectivity index (χ4n) is 2.39. The summed E-state index contributed by atoms with van der Waals surface area (Å²) in [5.41, 5.74) is 0. The van der Waals surface area contributed by atoms with Gasteiger partial charge in [0.2, 0.25) is 0 Å². The summed E-state index contributed by atoms with van der Waals surface area (Å²) in [6.45, 7) is 9.87. The zero-order valence-corrected chi connectivity index (χ0v) is 11.3. The van der Waals surface area contributed by atoms with E-state index in [1.54, 1.807) is 12.2 Å². The van der Waals surface area contributed by atoms with E-state index in [0.29, 0.717) is 6.42 Å². The van der Waals surface area contributed by atoms with E-state index in [1.807, 2.05) is 19.9 Å². The number of hydrogen-bond donors (Lipinski definition) is 1. The van der Waals surface area contributed by atoms with E-state index in [1.165, 1.54) is 0 Å². The predicted octanol–water partition coefficient (Wildman–Crippen LogP) is 1.99. The molecule has 18 heavy (non-hydrogen) atoms. The minimum Gasteiger partial charge on any atom is -0.387 e. The molecule has 1 spiro atoms. The normalized spacial score (nSPS) is 40.7. The molecule has 2 aliphatic rings. The fraction of sp³-hybridized carbons (Fsp3) is 0.714. The first-order valence-corrected chi connectivity index (χ1v) is 6.38. The Balaban J connectivity index is 2.21. The first kappa shape index (κ1) is 13.7. The van der Waals surface area contributed by atoms with Gasteiger partial charge >= 0.3 is 0 Å². The zero-order chi connectivity index (χ0) is 13.4. The molecule has 4 nitrogen and oxygen atoms in total. The molecular weight excluding hydrogens is 232 g/mol. The van der Waals surface area contributed by atoms with Crippen molar-refractivity contribution >= 4 is 0 Å². The lowest BCUT2D eigenvalue weighted by atomic mass is 9.93. The van der Waals surface area contributed by atoms with Crippen molar-refractivity contribution in [2.45, 2.75) is 51.0 Å². The van der Waals surface area contributed by atoms with Crippen LogP contribution in [0.2, 0.25) is 0 Å². The summed E-state index contributed by atoms with van der Waals surface area (Å²) in [7, 11) is 0. The molecule has 0 radical (unpaired) electrons. The second kappa shape index (κ2) is 4.78. The number of aliphatic hydroxyl groups excluding tert-OH is 1. The van der Waals surface area contributed by atoms with Crippen LogP contribution in [0.25, 0.3) is 0 Å². The summed E-state index contributed by atoms with van der Waals surface area (Å²) >= 11 is 0. The van der Waals surface area contributed by atoms with Gasteiger partial charge in [-0.2, -0.15) is 0 Å². The third-order valence-corrected chi connectivity index (χ3v) is 3.37. The van der Waals surface area contributed by atoms with Crippen LogP contribution in [-0.2, 0) is 14.2 Å². The van der Waals surface area contributed by atoms with Gasteiger partial charge in [0.05, 0.1) is 18.8 Å². The molecule has 1 N–H and O–H groups in total. The van der Waals surface area contributed by atoms with E-state index in [2.05, 4.69) is 13.5 Å². The SMILES string of the molecule is C=C[C@H](C)[C@@H]1C[C@]2(C=C[C@@H](O)CO2)OC(C)(C)O1. The second-order valence-corrected chi connectivity index (χ2v) is 5.51. The van der Waals surface area contributed by atoms with E-state index in [9.17, 15) is 5.11 Å². The molecular formula is C14H22O4. The van der Waals surface area contributed by atoms with Gasteiger partial charge in [0, 0.05) is 12.3 Å². The summed E-state index contributed by atoms with van der Waals surface area (Å²) in [4.78, 5) is 0. The number of aliphatic hydroxyl groups is 1. The molecule has 0 amide bonds. The predicted molar refractivity (Wildman–Crippen MR) is 67.8 cm³/mol. The minimum absolute atomic E-state index is 0.00820. The van der Waals surface area contributed by atoms with Crippen LogP contribution in [-0.4, -0.2) is 35.5 Å². The molecule has 1 saturated heterocycles. The smallest absolute Gasteiger partial charge is 0.193 e. The summed E-state index contributed by atoms with van der Waals surface area (Å²) in [5, 5.41) is 9.46. The van der Waals surface area contributed by atoms with Gasteiger partial charge in [0.15, 0.2) is 11.6 Å². The highest BCUT2D eigenvalue weighted by molar-refractivity contribution is 5.07. The van der Waals surface area contributed by atoms with Gasteiger partial charge < -0.3 is 19.3 Å². The lowest BCUT2D eigenvalue weighted by Gasteiger charge is -2.49. The minimum atomic E-state index is -0.789. The Bertz CT molecular complexity index is 350. The van der Waals surface area contributed by atoms with Crippen molar-refractivity contribution in [3.8, 4) is 0 Å². The average Bonchev–Trinajstić information content (AvgIpc) is 2.30. The summed E-state index contributed by atoms with van der Waals surface area (Å²) < 4.78 is 17.5. The van der Waals surface area contributed by atoms with Crippen molar-refractivity contribution in [2.24, 2.45) is 5.92 Å². The standard InChI is InChI=1S/C14H22O4/c1-5-10(2)12-8-14(18-13(3,4)17-12)7-6-11(15)9-16-14/h5-7,10-12,15H,1,8-9H2,2-4H3/t10-,11+,12-,14-/m0/s1. The van der Waals surface area contributed by atoms with Crippen LogP contribution in [0.4, 0.5) is 0 Å². The number of hydrogen-bond acceptors (Lipinski definition) is 4. The molecule has 2 rings (SSSR count). The van der Waals surface area contributed by atoms with Crippen molar-refractivity contribution in [2.75, 3.05) is 6.61 Å². The van der Waals surface area contributed by atoms with Crippen molar-refractivity contribution in [1.29, 1.82) is 0 Å². The highest BCUT2D eigenvalue weighted by Gasteiger charge is 2.47. The van der Waals surface area contributed by atoms with Crippen LogP contribution in [0.3, 0.4) is 0 Å². The molecule has 102 valence electrons. The Morgan fingerprint density at radius 3 is 2.78 bits per heavy atom. The van der Waals surface area contributed by atoms with E-state index >= 15 is 0 Å². The van der Waals surface area contributed by atoms with Gasteiger partial charge in [-0.15, -0.1) is 6.58 Å². The lowest BCUT2D eigenvalue weighted by molar-refractivity contribution is -0.390. The van der Waals surface area contributed by atoms with E-state index in [4.69, 9.17) is 14.2 Å². The summed E-state index contributed by atoms with van der Waals surface area (Å²) in [6, 6.07) is 0. The molecule has 1 fully saturated rings. The van der Waals surface area contributed by atoms with Crippen LogP contribution >= 0.6 is 0 Å². The van der Waals surface area contributed by atoms with Crippen molar-refractivity contribution in [1.82, 2.24) is 0 Å². The third-order valence-electron chi connectivity index (χ3n) is 3.37. The van der Waals surface area contributed by atoms with Crippen molar-refractivity contribution in [3.05, 3.63) is 24.8 Å². The van der Waals surface area contributed by atoms with Crippen LogP contribution in [0.1, 0.15) is 27.2 Å².